The van der Waals surface area contributed by atoms with E-state index in [1.807, 2.05) is 12.1 Å². The number of carbonyl (C=O) groups excluding carboxylic acids is 2. The lowest BCUT2D eigenvalue weighted by Gasteiger charge is -2.21. The van der Waals surface area contributed by atoms with Crippen LogP contribution in [0.1, 0.15) is 34.5 Å². The molecule has 2 N–H and O–H groups in total. The molecule has 6 heteroatoms. The van der Waals surface area contributed by atoms with Crippen LogP contribution in [0, 0.1) is 0 Å². The fraction of sp³-hybridized carbons (Fsp3) is 0.333. The molecule has 0 atom stereocenters. The first-order chi connectivity index (χ1) is 11.7. The summed E-state index contributed by atoms with van der Waals surface area (Å²) in [5.41, 5.74) is 1.49. The number of amides is 2. The summed E-state index contributed by atoms with van der Waals surface area (Å²) in [5, 5.41) is 12.1. The lowest BCUT2D eigenvalue weighted by molar-refractivity contribution is -0.135. The average molecular weight is 328 g/mol. The maximum absolute atomic E-state index is 12.0. The number of carbonyl (C=O) groups is 2. The van der Waals surface area contributed by atoms with Crippen LogP contribution in [0.2, 0.25) is 0 Å². The summed E-state index contributed by atoms with van der Waals surface area (Å²) in [6, 6.07) is 11.0. The first kappa shape index (κ1) is 16.3. The Morgan fingerprint density at radius 1 is 1.17 bits per heavy atom. The first-order valence-corrected chi connectivity index (χ1v) is 7.96. The lowest BCUT2D eigenvalue weighted by Crippen LogP contribution is -2.32. The summed E-state index contributed by atoms with van der Waals surface area (Å²) in [4.78, 5) is 25.4. The third-order valence-corrected chi connectivity index (χ3v) is 3.92. The molecule has 1 aromatic heterocycles. The summed E-state index contributed by atoms with van der Waals surface area (Å²) >= 11 is 0. The van der Waals surface area contributed by atoms with Gasteiger partial charge in [0.15, 0.2) is 0 Å². The van der Waals surface area contributed by atoms with Crippen molar-refractivity contribution < 1.29 is 19.1 Å². The van der Waals surface area contributed by atoms with E-state index >= 15 is 0 Å². The molecule has 0 bridgehead atoms. The van der Waals surface area contributed by atoms with Crippen LogP contribution < -0.4 is 5.32 Å². The molecule has 0 unspecified atom stereocenters. The molecule has 0 spiro atoms. The zero-order chi connectivity index (χ0) is 16.9. The topological polar surface area (TPSA) is 82.8 Å². The molecule has 2 aromatic rings. The Bertz CT molecular complexity index is 690. The fourth-order valence-corrected chi connectivity index (χ4v) is 2.40. The number of rotatable bonds is 7. The fourth-order valence-electron chi connectivity index (χ4n) is 2.40. The molecule has 0 radical (unpaired) electrons. The molecule has 0 aliphatic heterocycles. The van der Waals surface area contributed by atoms with Crippen molar-refractivity contribution in [2.24, 2.45) is 0 Å². The third kappa shape index (κ3) is 4.23. The van der Waals surface area contributed by atoms with Gasteiger partial charge in [-0.05, 0) is 42.7 Å². The Balaban J connectivity index is 1.65. The number of hydrogen-bond donors (Lipinski definition) is 2. The molecule has 2 amide bonds. The Kier molecular flexibility index (Phi) is 4.96. The predicted octanol–water partition coefficient (Wildman–Crippen LogP) is 1.69. The number of aliphatic hydroxyl groups is 1. The van der Waals surface area contributed by atoms with Crippen LogP contribution in [0.15, 0.2) is 47.1 Å². The van der Waals surface area contributed by atoms with E-state index in [2.05, 4.69) is 5.32 Å². The van der Waals surface area contributed by atoms with Crippen molar-refractivity contribution in [1.29, 1.82) is 0 Å². The summed E-state index contributed by atoms with van der Waals surface area (Å²) in [5.74, 6) is 0.210. The summed E-state index contributed by atoms with van der Waals surface area (Å²) < 4.78 is 5.26. The highest BCUT2D eigenvalue weighted by Gasteiger charge is 2.23. The standard InChI is InChI=1S/C18H20N2O4/c21-12-17(22)20(11-16-2-1-9-24-16)10-13-3-5-14(6-4-13)18(23)19-15-7-8-15/h1-6,9,15,21H,7-8,10-12H2,(H,19,23). The molecule has 0 saturated heterocycles. The van der Waals surface area contributed by atoms with Gasteiger partial charge in [-0.1, -0.05) is 12.1 Å². The van der Waals surface area contributed by atoms with Gasteiger partial charge in [0.2, 0.25) is 5.91 Å². The molecule has 126 valence electrons. The van der Waals surface area contributed by atoms with E-state index < -0.39 is 6.61 Å². The van der Waals surface area contributed by atoms with Crippen LogP contribution >= 0.6 is 0 Å². The van der Waals surface area contributed by atoms with Crippen molar-refractivity contribution in [1.82, 2.24) is 10.2 Å². The van der Waals surface area contributed by atoms with Crippen molar-refractivity contribution in [3.05, 3.63) is 59.5 Å². The third-order valence-electron chi connectivity index (χ3n) is 3.92. The molecule has 3 rings (SSSR count). The zero-order valence-electron chi connectivity index (χ0n) is 13.3. The summed E-state index contributed by atoms with van der Waals surface area (Å²) in [6.45, 7) is 0.0729. The Morgan fingerprint density at radius 3 is 2.50 bits per heavy atom. The zero-order valence-corrected chi connectivity index (χ0v) is 13.3. The van der Waals surface area contributed by atoms with Gasteiger partial charge in [0.25, 0.3) is 5.91 Å². The van der Waals surface area contributed by atoms with E-state index in [9.17, 15) is 9.59 Å². The van der Waals surface area contributed by atoms with Crippen LogP contribution in [-0.2, 0) is 17.9 Å². The Hall–Kier alpha value is -2.60. The highest BCUT2D eigenvalue weighted by molar-refractivity contribution is 5.94. The first-order valence-electron chi connectivity index (χ1n) is 7.96. The highest BCUT2D eigenvalue weighted by Crippen LogP contribution is 2.19. The second-order valence-electron chi connectivity index (χ2n) is 5.93. The van der Waals surface area contributed by atoms with Crippen LogP contribution in [0.4, 0.5) is 0 Å². The molecular formula is C18H20N2O4. The number of nitrogens with zero attached hydrogens (tertiary/aromatic N) is 1. The smallest absolute Gasteiger partial charge is 0.251 e. The SMILES string of the molecule is O=C(NC1CC1)c1ccc(CN(Cc2ccco2)C(=O)CO)cc1. The molecule has 6 nitrogen and oxygen atoms in total. The highest BCUT2D eigenvalue weighted by atomic mass is 16.3. The lowest BCUT2D eigenvalue weighted by atomic mass is 10.1. The van der Waals surface area contributed by atoms with Crippen LogP contribution in [0.5, 0.6) is 0 Å². The van der Waals surface area contributed by atoms with Crippen molar-refractivity contribution >= 4 is 11.8 Å². The van der Waals surface area contributed by atoms with E-state index in [1.54, 1.807) is 30.5 Å². The van der Waals surface area contributed by atoms with Gasteiger partial charge in [-0.15, -0.1) is 0 Å². The van der Waals surface area contributed by atoms with E-state index in [0.717, 1.165) is 18.4 Å². The minimum Gasteiger partial charge on any atom is -0.467 e. The van der Waals surface area contributed by atoms with E-state index in [1.165, 1.54) is 4.90 Å². The van der Waals surface area contributed by atoms with Gasteiger partial charge < -0.3 is 19.7 Å². The normalized spacial score (nSPS) is 13.5. The minimum absolute atomic E-state index is 0.0667. The molecule has 1 aromatic carbocycles. The number of furan rings is 1. The number of aliphatic hydroxyl groups excluding tert-OH is 1. The Labute approximate surface area is 140 Å². The molecule has 1 saturated carbocycles. The van der Waals surface area contributed by atoms with E-state index in [-0.39, 0.29) is 18.4 Å². The monoisotopic (exact) mass is 328 g/mol. The van der Waals surface area contributed by atoms with Crippen molar-refractivity contribution in [2.45, 2.75) is 32.0 Å². The van der Waals surface area contributed by atoms with Gasteiger partial charge in [-0.3, -0.25) is 9.59 Å². The number of hydrogen-bond acceptors (Lipinski definition) is 4. The van der Waals surface area contributed by atoms with Gasteiger partial charge >= 0.3 is 0 Å². The van der Waals surface area contributed by atoms with Gasteiger partial charge in [0.05, 0.1) is 12.8 Å². The maximum Gasteiger partial charge on any atom is 0.251 e. The second kappa shape index (κ2) is 7.31. The summed E-state index contributed by atoms with van der Waals surface area (Å²) in [7, 11) is 0. The molecular weight excluding hydrogens is 308 g/mol. The van der Waals surface area contributed by atoms with E-state index in [4.69, 9.17) is 9.52 Å². The maximum atomic E-state index is 12.0. The predicted molar refractivity (Wildman–Crippen MR) is 87.0 cm³/mol. The van der Waals surface area contributed by atoms with Gasteiger partial charge in [0.1, 0.15) is 12.4 Å². The van der Waals surface area contributed by atoms with Crippen molar-refractivity contribution in [2.75, 3.05) is 6.61 Å². The molecule has 1 aliphatic rings. The molecule has 1 aliphatic carbocycles. The van der Waals surface area contributed by atoms with Gasteiger partial charge in [0, 0.05) is 18.2 Å². The molecule has 1 heterocycles. The average Bonchev–Trinajstić information content (AvgIpc) is 3.26. The van der Waals surface area contributed by atoms with Gasteiger partial charge in [-0.2, -0.15) is 0 Å². The van der Waals surface area contributed by atoms with Gasteiger partial charge in [-0.25, -0.2) is 0 Å². The van der Waals surface area contributed by atoms with Crippen LogP contribution in [-0.4, -0.2) is 34.5 Å². The quantitative estimate of drug-likeness (QED) is 0.810. The van der Waals surface area contributed by atoms with Crippen molar-refractivity contribution in [3.63, 3.8) is 0 Å². The van der Waals surface area contributed by atoms with Crippen LogP contribution in [0.25, 0.3) is 0 Å². The molecule has 1 fully saturated rings. The molecule has 24 heavy (non-hydrogen) atoms. The van der Waals surface area contributed by atoms with E-state index in [0.29, 0.717) is 23.9 Å². The Morgan fingerprint density at radius 2 is 1.92 bits per heavy atom. The minimum atomic E-state index is -0.553. The van der Waals surface area contributed by atoms with Crippen LogP contribution in [0.3, 0.4) is 0 Å². The second-order valence-corrected chi connectivity index (χ2v) is 5.93. The van der Waals surface area contributed by atoms with Crippen molar-refractivity contribution in [3.8, 4) is 0 Å². The summed E-state index contributed by atoms with van der Waals surface area (Å²) in [6.07, 6.45) is 3.65. The number of benzene rings is 1. The largest absolute Gasteiger partial charge is 0.467 e. The number of nitrogens with one attached hydrogen (secondary N) is 1.